The van der Waals surface area contributed by atoms with Crippen molar-refractivity contribution in [2.24, 2.45) is 11.7 Å². The predicted octanol–water partition coefficient (Wildman–Crippen LogP) is 2.36. The lowest BCUT2D eigenvalue weighted by molar-refractivity contribution is -0.134. The summed E-state index contributed by atoms with van der Waals surface area (Å²) in [6, 6.07) is 6.07. The molecule has 1 aromatic rings. The molecular formula is C18H27FN2O2. The molecule has 0 radical (unpaired) electrons. The molecule has 1 saturated heterocycles. The number of nitrogens with zero attached hydrogens (tertiary/aromatic N) is 1. The summed E-state index contributed by atoms with van der Waals surface area (Å²) < 4.78 is 18.6. The summed E-state index contributed by atoms with van der Waals surface area (Å²) in [5.74, 6) is -0.0327. The lowest BCUT2D eigenvalue weighted by atomic mass is 9.91. The Bertz CT molecular complexity index is 504. The largest absolute Gasteiger partial charge is 0.381 e. The number of rotatable bonds is 7. The first kappa shape index (κ1) is 17.9. The van der Waals surface area contributed by atoms with Crippen LogP contribution >= 0.6 is 0 Å². The van der Waals surface area contributed by atoms with Crippen LogP contribution in [0, 0.1) is 11.7 Å². The minimum atomic E-state index is -0.460. The molecule has 4 nitrogen and oxygen atoms in total. The van der Waals surface area contributed by atoms with Crippen LogP contribution in [0.25, 0.3) is 0 Å². The second-order valence-corrected chi connectivity index (χ2v) is 6.18. The molecule has 23 heavy (non-hydrogen) atoms. The molecule has 1 fully saturated rings. The fourth-order valence-corrected chi connectivity index (χ4v) is 3.05. The predicted molar refractivity (Wildman–Crippen MR) is 88.5 cm³/mol. The van der Waals surface area contributed by atoms with Crippen molar-refractivity contribution in [1.82, 2.24) is 4.90 Å². The highest BCUT2D eigenvalue weighted by Crippen LogP contribution is 2.19. The molecule has 1 aromatic carbocycles. The molecule has 2 N–H and O–H groups in total. The van der Waals surface area contributed by atoms with E-state index in [2.05, 4.69) is 0 Å². The Balaban J connectivity index is 1.94. The van der Waals surface area contributed by atoms with Gasteiger partial charge in [0.25, 0.3) is 0 Å². The van der Waals surface area contributed by atoms with Gasteiger partial charge in [-0.2, -0.15) is 0 Å². The first-order valence-corrected chi connectivity index (χ1v) is 8.48. The fourth-order valence-electron chi connectivity index (χ4n) is 3.05. The van der Waals surface area contributed by atoms with Crippen molar-refractivity contribution < 1.29 is 13.9 Å². The van der Waals surface area contributed by atoms with Gasteiger partial charge >= 0.3 is 0 Å². The monoisotopic (exact) mass is 322 g/mol. The second-order valence-electron chi connectivity index (χ2n) is 6.18. The van der Waals surface area contributed by atoms with Gasteiger partial charge in [-0.05, 0) is 49.3 Å². The standard InChI is InChI=1S/C18H27FN2O2/c1-2-9-21(10-6-14-4-3-5-16(19)13-14)18(22)17(20)15-7-11-23-12-8-15/h3-5,13,15,17H,2,6-12,20H2,1H3. The SMILES string of the molecule is CCCN(CCc1cccc(F)c1)C(=O)C(N)C1CCOCC1. The zero-order valence-electron chi connectivity index (χ0n) is 13.8. The summed E-state index contributed by atoms with van der Waals surface area (Å²) in [5, 5.41) is 0. The first-order chi connectivity index (χ1) is 11.1. The summed E-state index contributed by atoms with van der Waals surface area (Å²) in [4.78, 5) is 14.5. The Kier molecular flexibility index (Phi) is 6.99. The number of nitrogens with two attached hydrogens (primary N) is 1. The molecule has 1 unspecified atom stereocenters. The van der Waals surface area contributed by atoms with E-state index in [0.29, 0.717) is 32.7 Å². The highest BCUT2D eigenvalue weighted by molar-refractivity contribution is 5.82. The van der Waals surface area contributed by atoms with Gasteiger partial charge in [0, 0.05) is 26.3 Å². The van der Waals surface area contributed by atoms with Crippen molar-refractivity contribution in [3.63, 3.8) is 0 Å². The molecule has 5 heteroatoms. The third-order valence-electron chi connectivity index (χ3n) is 4.42. The maximum atomic E-state index is 13.3. The fraction of sp³-hybridized carbons (Fsp3) is 0.611. The van der Waals surface area contributed by atoms with Gasteiger partial charge < -0.3 is 15.4 Å². The van der Waals surface area contributed by atoms with E-state index in [4.69, 9.17) is 10.5 Å². The van der Waals surface area contributed by atoms with Crippen LogP contribution in [-0.4, -0.2) is 43.2 Å². The Labute approximate surface area is 137 Å². The number of ether oxygens (including phenoxy) is 1. The summed E-state index contributed by atoms with van der Waals surface area (Å²) in [6.45, 7) is 4.67. The molecule has 1 heterocycles. The van der Waals surface area contributed by atoms with Crippen LogP contribution < -0.4 is 5.73 Å². The molecule has 0 bridgehead atoms. The molecule has 1 aliphatic rings. The Morgan fingerprint density at radius 2 is 2.13 bits per heavy atom. The van der Waals surface area contributed by atoms with Crippen LogP contribution in [0.4, 0.5) is 4.39 Å². The van der Waals surface area contributed by atoms with E-state index in [1.165, 1.54) is 12.1 Å². The van der Waals surface area contributed by atoms with E-state index >= 15 is 0 Å². The highest BCUT2D eigenvalue weighted by atomic mass is 19.1. The molecule has 1 amide bonds. The molecule has 0 aliphatic carbocycles. The van der Waals surface area contributed by atoms with E-state index in [1.807, 2.05) is 17.9 Å². The van der Waals surface area contributed by atoms with Crippen LogP contribution in [0.3, 0.4) is 0 Å². The zero-order valence-corrected chi connectivity index (χ0v) is 13.8. The van der Waals surface area contributed by atoms with Gasteiger partial charge in [0.1, 0.15) is 5.82 Å². The van der Waals surface area contributed by atoms with Gasteiger partial charge in [0.15, 0.2) is 0 Å². The number of hydrogen-bond donors (Lipinski definition) is 1. The minimum absolute atomic E-state index is 0.00940. The van der Waals surface area contributed by atoms with Gasteiger partial charge in [-0.3, -0.25) is 4.79 Å². The normalized spacial score (nSPS) is 17.0. The van der Waals surface area contributed by atoms with Crippen molar-refractivity contribution >= 4 is 5.91 Å². The molecular weight excluding hydrogens is 295 g/mol. The maximum Gasteiger partial charge on any atom is 0.239 e. The van der Waals surface area contributed by atoms with Crippen molar-refractivity contribution in [2.75, 3.05) is 26.3 Å². The molecule has 128 valence electrons. The highest BCUT2D eigenvalue weighted by Gasteiger charge is 2.29. The van der Waals surface area contributed by atoms with Crippen molar-refractivity contribution in [3.05, 3.63) is 35.6 Å². The van der Waals surface area contributed by atoms with Crippen LogP contribution in [0.5, 0.6) is 0 Å². The summed E-state index contributed by atoms with van der Waals surface area (Å²) in [6.07, 6.45) is 3.22. The van der Waals surface area contributed by atoms with Gasteiger partial charge in [-0.25, -0.2) is 4.39 Å². The Morgan fingerprint density at radius 1 is 1.39 bits per heavy atom. The molecule has 1 aliphatic heterocycles. The Morgan fingerprint density at radius 3 is 2.78 bits per heavy atom. The number of amides is 1. The van der Waals surface area contributed by atoms with E-state index in [9.17, 15) is 9.18 Å². The molecule has 1 atom stereocenters. The van der Waals surface area contributed by atoms with E-state index in [-0.39, 0.29) is 17.6 Å². The van der Waals surface area contributed by atoms with Crippen LogP contribution in [0.2, 0.25) is 0 Å². The zero-order chi connectivity index (χ0) is 16.7. The quantitative estimate of drug-likeness (QED) is 0.838. The third-order valence-corrected chi connectivity index (χ3v) is 4.42. The number of halogens is 1. The van der Waals surface area contributed by atoms with Crippen molar-refractivity contribution in [2.45, 2.75) is 38.6 Å². The topological polar surface area (TPSA) is 55.6 Å². The molecule has 0 saturated carbocycles. The van der Waals surface area contributed by atoms with Gasteiger partial charge in [0.05, 0.1) is 6.04 Å². The summed E-state index contributed by atoms with van der Waals surface area (Å²) in [5.41, 5.74) is 7.11. The van der Waals surface area contributed by atoms with Crippen LogP contribution in [0.1, 0.15) is 31.7 Å². The van der Waals surface area contributed by atoms with Crippen molar-refractivity contribution in [1.29, 1.82) is 0 Å². The number of carbonyl (C=O) groups is 1. The average Bonchev–Trinajstić information content (AvgIpc) is 2.58. The van der Waals surface area contributed by atoms with Crippen LogP contribution in [0.15, 0.2) is 24.3 Å². The number of carbonyl (C=O) groups excluding carboxylic acids is 1. The smallest absolute Gasteiger partial charge is 0.239 e. The number of benzene rings is 1. The molecule has 0 spiro atoms. The van der Waals surface area contributed by atoms with Gasteiger partial charge in [0.2, 0.25) is 5.91 Å². The van der Waals surface area contributed by atoms with E-state index in [1.54, 1.807) is 6.07 Å². The van der Waals surface area contributed by atoms with Gasteiger partial charge in [-0.1, -0.05) is 19.1 Å². The first-order valence-electron chi connectivity index (χ1n) is 8.48. The lowest BCUT2D eigenvalue weighted by Crippen LogP contribution is -2.49. The van der Waals surface area contributed by atoms with Crippen LogP contribution in [-0.2, 0) is 16.0 Å². The number of hydrogen-bond acceptors (Lipinski definition) is 3. The minimum Gasteiger partial charge on any atom is -0.381 e. The Hall–Kier alpha value is -1.46. The van der Waals surface area contributed by atoms with Gasteiger partial charge in [-0.15, -0.1) is 0 Å². The summed E-state index contributed by atoms with van der Waals surface area (Å²) in [7, 11) is 0. The van der Waals surface area contributed by atoms with E-state index in [0.717, 1.165) is 24.8 Å². The average molecular weight is 322 g/mol. The van der Waals surface area contributed by atoms with E-state index < -0.39 is 6.04 Å². The molecule has 0 aromatic heterocycles. The van der Waals surface area contributed by atoms with Crippen molar-refractivity contribution in [3.8, 4) is 0 Å². The molecule has 2 rings (SSSR count). The maximum absolute atomic E-state index is 13.3. The third kappa shape index (κ3) is 5.29. The summed E-state index contributed by atoms with van der Waals surface area (Å²) >= 11 is 0. The second kappa shape index (κ2) is 8.99. The lowest BCUT2D eigenvalue weighted by Gasteiger charge is -2.31.